The molecule has 0 fully saturated rings. The van der Waals surface area contributed by atoms with Gasteiger partial charge in [-0.05, 0) is 24.3 Å². The molecule has 0 radical (unpaired) electrons. The largest absolute Gasteiger partial charge is 0.337 e. The van der Waals surface area contributed by atoms with E-state index in [0.717, 1.165) is 12.1 Å². The molecule has 0 bridgehead atoms. The number of ketones is 1. The van der Waals surface area contributed by atoms with Gasteiger partial charge in [0, 0.05) is 24.9 Å². The molecule has 1 aromatic carbocycles. The number of hydrazine groups is 1. The van der Waals surface area contributed by atoms with Crippen LogP contribution in [0.5, 0.6) is 0 Å². The van der Waals surface area contributed by atoms with Crippen molar-refractivity contribution in [2.24, 2.45) is 0 Å². The average molecular weight is 334 g/mol. The first kappa shape index (κ1) is 17.0. The second-order valence-corrected chi connectivity index (χ2v) is 4.65. The molecule has 0 aliphatic heterocycles. The molecule has 0 aliphatic rings. The van der Waals surface area contributed by atoms with Crippen molar-refractivity contribution >= 4 is 23.4 Å². The molecule has 1 aromatic heterocycles. The van der Waals surface area contributed by atoms with Crippen molar-refractivity contribution in [3.05, 3.63) is 59.4 Å². The Bertz CT molecular complexity index is 791. The highest BCUT2D eigenvalue weighted by atomic mass is 19.1. The lowest BCUT2D eigenvalue weighted by molar-refractivity contribution is 0.0924. The van der Waals surface area contributed by atoms with Gasteiger partial charge in [-0.3, -0.25) is 20.0 Å². The van der Waals surface area contributed by atoms with E-state index in [1.54, 1.807) is 0 Å². The smallest absolute Gasteiger partial charge is 0.306 e. The molecule has 24 heavy (non-hydrogen) atoms. The minimum Gasteiger partial charge on any atom is -0.306 e. The zero-order chi connectivity index (χ0) is 17.7. The summed E-state index contributed by atoms with van der Waals surface area (Å²) in [7, 11) is 0. The first-order chi connectivity index (χ1) is 11.4. The van der Waals surface area contributed by atoms with Crippen LogP contribution in [0, 0.1) is 11.6 Å². The van der Waals surface area contributed by atoms with Crippen LogP contribution in [0.1, 0.15) is 27.8 Å². The van der Waals surface area contributed by atoms with Crippen LogP contribution < -0.4 is 16.2 Å². The molecule has 1 heterocycles. The number of carbonyl (C=O) groups excluding carboxylic acids is 3. The Labute approximate surface area is 135 Å². The molecule has 0 spiro atoms. The molecule has 2 rings (SSSR count). The highest BCUT2D eigenvalue weighted by Gasteiger charge is 2.16. The molecule has 0 saturated carbocycles. The molecule has 124 valence electrons. The van der Waals surface area contributed by atoms with Crippen molar-refractivity contribution in [2.75, 3.05) is 5.32 Å². The standard InChI is InChI=1S/C15H12F2N4O3/c1-8(22)13-12(3-2-4-18-13)14(23)20-21-15(24)19-11-6-9(16)5-10(17)7-11/h2-7H,1H3,(H,20,23)(H2,19,21,24). The van der Waals surface area contributed by atoms with Crippen molar-refractivity contribution in [1.82, 2.24) is 15.8 Å². The number of aromatic nitrogens is 1. The molecule has 2 aromatic rings. The topological polar surface area (TPSA) is 100 Å². The van der Waals surface area contributed by atoms with Gasteiger partial charge in [0.15, 0.2) is 5.78 Å². The summed E-state index contributed by atoms with van der Waals surface area (Å²) in [5, 5.41) is 2.14. The van der Waals surface area contributed by atoms with Crippen molar-refractivity contribution in [2.45, 2.75) is 6.92 Å². The minimum atomic E-state index is -0.929. The van der Waals surface area contributed by atoms with E-state index in [0.29, 0.717) is 6.07 Å². The molecule has 0 aliphatic carbocycles. The number of hydrogen-bond acceptors (Lipinski definition) is 4. The van der Waals surface area contributed by atoms with Gasteiger partial charge in [-0.25, -0.2) is 19.0 Å². The Morgan fingerprint density at radius 2 is 1.71 bits per heavy atom. The highest BCUT2D eigenvalue weighted by Crippen LogP contribution is 2.12. The van der Waals surface area contributed by atoms with Gasteiger partial charge in [-0.15, -0.1) is 0 Å². The van der Waals surface area contributed by atoms with E-state index in [-0.39, 0.29) is 16.9 Å². The van der Waals surface area contributed by atoms with Crippen LogP contribution in [-0.4, -0.2) is 22.7 Å². The summed E-state index contributed by atoms with van der Waals surface area (Å²) in [4.78, 5) is 38.8. The van der Waals surface area contributed by atoms with Crippen LogP contribution in [-0.2, 0) is 0 Å². The van der Waals surface area contributed by atoms with Gasteiger partial charge in [0.25, 0.3) is 5.91 Å². The second kappa shape index (κ2) is 7.27. The summed E-state index contributed by atoms with van der Waals surface area (Å²) in [6.45, 7) is 1.25. The number of anilines is 1. The van der Waals surface area contributed by atoms with Gasteiger partial charge < -0.3 is 5.32 Å². The molecule has 7 nitrogen and oxygen atoms in total. The van der Waals surface area contributed by atoms with Crippen molar-refractivity contribution in [1.29, 1.82) is 0 Å². The second-order valence-electron chi connectivity index (χ2n) is 4.65. The number of amides is 3. The van der Waals surface area contributed by atoms with Gasteiger partial charge in [0.1, 0.15) is 17.3 Å². The molecule has 3 N–H and O–H groups in total. The Balaban J connectivity index is 1.99. The van der Waals surface area contributed by atoms with Gasteiger partial charge in [-0.1, -0.05) is 0 Å². The maximum atomic E-state index is 13.0. The predicted molar refractivity (Wildman–Crippen MR) is 80.2 cm³/mol. The first-order valence-electron chi connectivity index (χ1n) is 6.66. The normalized spacial score (nSPS) is 9.96. The number of benzene rings is 1. The number of Topliss-reactive ketones (excluding diaryl/α,β-unsaturated/α-hetero) is 1. The van der Waals surface area contributed by atoms with E-state index in [1.165, 1.54) is 25.3 Å². The summed E-state index contributed by atoms with van der Waals surface area (Å²) >= 11 is 0. The van der Waals surface area contributed by atoms with Crippen LogP contribution in [0.15, 0.2) is 36.5 Å². The molecule has 0 atom stereocenters. The number of pyridine rings is 1. The van der Waals surface area contributed by atoms with Gasteiger partial charge in [-0.2, -0.15) is 0 Å². The Hall–Kier alpha value is -3.36. The van der Waals surface area contributed by atoms with E-state index < -0.39 is 29.4 Å². The third kappa shape index (κ3) is 4.32. The number of nitrogens with one attached hydrogen (secondary N) is 3. The number of halogens is 2. The lowest BCUT2D eigenvalue weighted by Gasteiger charge is -2.10. The lowest BCUT2D eigenvalue weighted by Crippen LogP contribution is -2.44. The third-order valence-corrected chi connectivity index (χ3v) is 2.80. The van der Waals surface area contributed by atoms with Gasteiger partial charge in [0.2, 0.25) is 0 Å². The zero-order valence-electron chi connectivity index (χ0n) is 12.4. The van der Waals surface area contributed by atoms with E-state index in [4.69, 9.17) is 0 Å². The van der Waals surface area contributed by atoms with E-state index in [9.17, 15) is 23.2 Å². The Morgan fingerprint density at radius 3 is 2.33 bits per heavy atom. The van der Waals surface area contributed by atoms with Crippen LogP contribution in [0.3, 0.4) is 0 Å². The molecule has 3 amide bonds. The molecular formula is C15H12F2N4O3. The first-order valence-corrected chi connectivity index (χ1v) is 6.66. The maximum Gasteiger partial charge on any atom is 0.337 e. The number of nitrogens with zero attached hydrogens (tertiary/aromatic N) is 1. The average Bonchev–Trinajstić information content (AvgIpc) is 2.51. The van der Waals surface area contributed by atoms with E-state index in [1.807, 2.05) is 5.43 Å². The molecular weight excluding hydrogens is 322 g/mol. The highest BCUT2D eigenvalue weighted by molar-refractivity contribution is 6.06. The third-order valence-electron chi connectivity index (χ3n) is 2.80. The zero-order valence-corrected chi connectivity index (χ0v) is 12.4. The van der Waals surface area contributed by atoms with Crippen molar-refractivity contribution in [3.63, 3.8) is 0 Å². The van der Waals surface area contributed by atoms with Gasteiger partial charge in [0.05, 0.1) is 5.56 Å². The fourth-order valence-electron chi connectivity index (χ4n) is 1.84. The molecule has 0 saturated heterocycles. The number of carbonyl (C=O) groups is 3. The van der Waals surface area contributed by atoms with E-state index in [2.05, 4.69) is 15.7 Å². The number of rotatable bonds is 3. The van der Waals surface area contributed by atoms with Crippen LogP contribution >= 0.6 is 0 Å². The lowest BCUT2D eigenvalue weighted by atomic mass is 10.1. The number of urea groups is 1. The quantitative estimate of drug-likeness (QED) is 0.590. The minimum absolute atomic E-state index is 0.0258. The van der Waals surface area contributed by atoms with Crippen LogP contribution in [0.2, 0.25) is 0 Å². The fourth-order valence-corrected chi connectivity index (χ4v) is 1.84. The summed E-state index contributed by atoms with van der Waals surface area (Å²) in [6.07, 6.45) is 1.35. The van der Waals surface area contributed by atoms with E-state index >= 15 is 0 Å². The summed E-state index contributed by atoms with van der Waals surface area (Å²) in [5.41, 5.74) is 3.85. The number of hydrogen-bond donors (Lipinski definition) is 3. The van der Waals surface area contributed by atoms with Crippen LogP contribution in [0.4, 0.5) is 19.3 Å². The van der Waals surface area contributed by atoms with Crippen LogP contribution in [0.25, 0.3) is 0 Å². The summed E-state index contributed by atoms with van der Waals surface area (Å²) in [6, 6.07) is 4.34. The molecule has 0 unspecified atom stereocenters. The SMILES string of the molecule is CC(=O)c1ncccc1C(=O)NNC(=O)Nc1cc(F)cc(F)c1. The predicted octanol–water partition coefficient (Wildman–Crippen LogP) is 2.03. The van der Waals surface area contributed by atoms with Crippen molar-refractivity contribution in [3.8, 4) is 0 Å². The van der Waals surface area contributed by atoms with Crippen molar-refractivity contribution < 1.29 is 23.2 Å². The summed E-state index contributed by atoms with van der Waals surface area (Å²) < 4.78 is 26.0. The Morgan fingerprint density at radius 1 is 1.04 bits per heavy atom. The maximum absolute atomic E-state index is 13.0. The fraction of sp³-hybridized carbons (Fsp3) is 0.0667. The van der Waals surface area contributed by atoms with Gasteiger partial charge >= 0.3 is 6.03 Å². The monoisotopic (exact) mass is 334 g/mol. The molecule has 9 heteroatoms. The Kier molecular flexibility index (Phi) is 5.15. The summed E-state index contributed by atoms with van der Waals surface area (Å²) in [5.74, 6) is -2.92.